The van der Waals surface area contributed by atoms with Crippen LogP contribution in [0.15, 0.2) is 97.3 Å². The predicted octanol–water partition coefficient (Wildman–Crippen LogP) is 8.52. The number of thiophene rings is 1. The second kappa shape index (κ2) is 17.8. The van der Waals surface area contributed by atoms with Crippen LogP contribution in [0.5, 0.6) is 17.2 Å². The fraction of sp³-hybridized carbons (Fsp3) is 0.310. The van der Waals surface area contributed by atoms with E-state index in [1.807, 2.05) is 66.7 Å². The molecule has 2 aromatic heterocycles. The molecule has 3 aliphatic rings. The normalized spacial score (nSPS) is 18.5. The summed E-state index contributed by atoms with van der Waals surface area (Å²) in [5, 5.41) is 3.96. The molecule has 3 fully saturated rings. The number of nitrogens with one attached hydrogen (secondary N) is 2. The number of alkyl carbamates (subject to hydrolysis) is 1. The number of H-pyrrole nitrogens is 1. The Morgan fingerprint density at radius 3 is 2.33 bits per heavy atom. The Morgan fingerprint density at radius 2 is 1.62 bits per heavy atom. The molecule has 3 aliphatic heterocycles. The molecule has 0 aliphatic carbocycles. The van der Waals surface area contributed by atoms with E-state index in [1.54, 1.807) is 44.8 Å². The molecule has 2 bridgehead atoms. The van der Waals surface area contributed by atoms with Crippen LogP contribution in [0.25, 0.3) is 0 Å². The lowest BCUT2D eigenvalue weighted by atomic mass is 9.86. The van der Waals surface area contributed by atoms with Crippen LogP contribution in [0.4, 0.5) is 4.79 Å². The third-order valence-electron chi connectivity index (χ3n) is 10.1. The van der Waals surface area contributed by atoms with Gasteiger partial charge in [0, 0.05) is 23.4 Å². The van der Waals surface area contributed by atoms with Gasteiger partial charge in [0.25, 0.3) is 0 Å². The van der Waals surface area contributed by atoms with Gasteiger partial charge < -0.3 is 29.0 Å². The molecule has 0 radical (unpaired) electrons. The lowest BCUT2D eigenvalue weighted by molar-refractivity contribution is -0.377. The zero-order chi connectivity index (χ0) is 38.3. The van der Waals surface area contributed by atoms with E-state index < -0.39 is 24.2 Å². The number of esters is 1. The van der Waals surface area contributed by atoms with Crippen molar-refractivity contribution in [2.75, 3.05) is 33.9 Å². The van der Waals surface area contributed by atoms with Crippen LogP contribution < -0.4 is 24.5 Å². The Hall–Kier alpha value is -4.81. The number of amides is 1. The third kappa shape index (κ3) is 9.36. The van der Waals surface area contributed by atoms with Gasteiger partial charge in [0.05, 0.1) is 20.3 Å². The molecule has 13 heteroatoms. The van der Waals surface area contributed by atoms with Crippen molar-refractivity contribution in [3.8, 4) is 17.2 Å². The Labute approximate surface area is 334 Å². The lowest BCUT2D eigenvalue weighted by Crippen LogP contribution is -2.52. The molecule has 1 amide bonds. The number of carbonyl (C=O) groups is 2. The van der Waals surface area contributed by atoms with Crippen molar-refractivity contribution in [1.82, 2.24) is 10.2 Å². The summed E-state index contributed by atoms with van der Waals surface area (Å²) < 4.78 is 29.3. The van der Waals surface area contributed by atoms with Crippen LogP contribution >= 0.6 is 34.5 Å². The van der Waals surface area contributed by atoms with E-state index in [0.717, 1.165) is 48.5 Å². The van der Waals surface area contributed by atoms with Crippen LogP contribution in [-0.2, 0) is 22.5 Å². The second-order valence-electron chi connectivity index (χ2n) is 13.5. The van der Waals surface area contributed by atoms with E-state index in [9.17, 15) is 9.59 Å². The first-order valence-electron chi connectivity index (χ1n) is 18.1. The van der Waals surface area contributed by atoms with Gasteiger partial charge >= 0.3 is 12.1 Å². The fourth-order valence-electron chi connectivity index (χ4n) is 7.17. The summed E-state index contributed by atoms with van der Waals surface area (Å²) >= 11 is 14.3. The van der Waals surface area contributed by atoms with Crippen LogP contribution in [0, 0.1) is 5.92 Å². The summed E-state index contributed by atoms with van der Waals surface area (Å²) in [5.41, 5.74) is 3.09. The molecule has 5 aromatic rings. The minimum Gasteiger partial charge on any atom is -0.493 e. The summed E-state index contributed by atoms with van der Waals surface area (Å²) in [6.45, 7) is 3.15. The number of pyridine rings is 1. The van der Waals surface area contributed by atoms with Crippen molar-refractivity contribution in [3.63, 3.8) is 0 Å². The van der Waals surface area contributed by atoms with E-state index >= 15 is 0 Å². The molecule has 55 heavy (non-hydrogen) atoms. The van der Waals surface area contributed by atoms with Gasteiger partial charge in [-0.05, 0) is 84.9 Å². The number of piperidine rings is 3. The predicted molar refractivity (Wildman–Crippen MR) is 210 cm³/mol. The van der Waals surface area contributed by atoms with Gasteiger partial charge in [0.1, 0.15) is 39.5 Å². The van der Waals surface area contributed by atoms with E-state index in [4.69, 9.17) is 46.9 Å². The van der Waals surface area contributed by atoms with Gasteiger partial charge in [-0.15, -0.1) is 11.3 Å². The van der Waals surface area contributed by atoms with Crippen molar-refractivity contribution in [2.45, 2.75) is 44.1 Å². The standard InChI is InChI=1S/C42H41Cl2N3O7S/c1-50-35-13-11-28(20-37(35)51-2)36(21-32-33(43)22-45-23-34(32)44)53-41(48)39-14-12-31(55-39)25-52-30-10-6-9-29(19-30)40(27-7-4-3-5-8-27)46-42(49)54-38-24-47-17-15-26(38)16-18-47/h3-14,19-20,22-23,26,36,38,40H,15-18,21,24-25H2,1-2H3,(H,46,49)/p+1/t36-,38-,40?/m0/s1. The molecule has 0 spiro atoms. The molecular formula is C42H42Cl2N3O7S+. The van der Waals surface area contributed by atoms with Crippen molar-refractivity contribution < 1.29 is 38.3 Å². The number of rotatable bonds is 14. The summed E-state index contributed by atoms with van der Waals surface area (Å²) in [6.07, 6.45) is 4.33. The number of aromatic nitrogens is 1. The number of carbonyl (C=O) groups excluding carboxylic acids is 2. The highest BCUT2D eigenvalue weighted by Crippen LogP contribution is 2.36. The highest BCUT2D eigenvalue weighted by Gasteiger charge is 2.37. The second-order valence-corrected chi connectivity index (χ2v) is 15.5. The average molecular weight is 804 g/mol. The number of ether oxygens (including phenoxy) is 5. The molecule has 286 valence electrons. The molecule has 10 nitrogen and oxygen atoms in total. The van der Waals surface area contributed by atoms with Gasteiger partial charge in [-0.25, -0.2) is 14.6 Å². The molecule has 3 atom stereocenters. The number of hydrogen-bond donors (Lipinski definition) is 1. The number of fused-ring (bicyclic) bond motifs is 3. The van der Waals surface area contributed by atoms with Crippen molar-refractivity contribution in [1.29, 1.82) is 0 Å². The zero-order valence-corrected chi connectivity index (χ0v) is 32.8. The number of hydrogen-bond acceptors (Lipinski definition) is 9. The average Bonchev–Trinajstić information content (AvgIpc) is 3.70. The van der Waals surface area contributed by atoms with E-state index in [-0.39, 0.29) is 19.1 Å². The number of aromatic amines is 1. The molecule has 3 aromatic carbocycles. The van der Waals surface area contributed by atoms with Gasteiger partial charge in [-0.1, -0.05) is 71.7 Å². The van der Waals surface area contributed by atoms with Gasteiger partial charge in [0.15, 0.2) is 23.9 Å². The smallest absolute Gasteiger partial charge is 0.408 e. The monoisotopic (exact) mass is 802 g/mol. The minimum atomic E-state index is -0.742. The maximum atomic E-state index is 13.6. The molecule has 8 rings (SSSR count). The molecule has 2 N–H and O–H groups in total. The maximum absolute atomic E-state index is 13.6. The largest absolute Gasteiger partial charge is 0.493 e. The van der Waals surface area contributed by atoms with Crippen molar-refractivity contribution in [3.05, 3.63) is 139 Å². The molecule has 3 saturated heterocycles. The Kier molecular flexibility index (Phi) is 12.4. The first-order valence-corrected chi connectivity index (χ1v) is 19.7. The molecule has 5 heterocycles. The van der Waals surface area contributed by atoms with Crippen LogP contribution in [0.1, 0.15) is 61.8 Å². The van der Waals surface area contributed by atoms with Gasteiger partial charge in [-0.2, -0.15) is 0 Å². The van der Waals surface area contributed by atoms with Gasteiger partial charge in [-0.3, -0.25) is 4.90 Å². The molecule has 0 saturated carbocycles. The third-order valence-corrected chi connectivity index (χ3v) is 11.8. The topological polar surface area (TPSA) is 110 Å². The minimum absolute atomic E-state index is 0.0990. The van der Waals surface area contributed by atoms with Crippen molar-refractivity contribution in [2.24, 2.45) is 5.92 Å². The number of benzene rings is 3. The fourth-order valence-corrected chi connectivity index (χ4v) is 8.50. The maximum Gasteiger partial charge on any atom is 0.408 e. The molecular weight excluding hydrogens is 761 g/mol. The number of nitrogens with zero attached hydrogens (tertiary/aromatic N) is 1. The summed E-state index contributed by atoms with van der Waals surface area (Å²) in [4.78, 5) is 33.4. The summed E-state index contributed by atoms with van der Waals surface area (Å²) in [7, 11) is 3.10. The van der Waals surface area contributed by atoms with E-state index in [1.165, 1.54) is 11.3 Å². The SMILES string of the molecule is COc1ccc([C@H](Cc2c(Cl)c[nH+]cc2Cl)OC(=O)c2ccc(COc3cccc(C(NC(=O)O[C@H]4CN5CCC4CC5)c4ccccc4)c3)s2)cc1OC. The lowest BCUT2D eigenvalue weighted by Gasteiger charge is -2.43. The quantitative estimate of drug-likeness (QED) is 0.111. The number of methoxy groups -OCH3 is 2. The highest BCUT2D eigenvalue weighted by molar-refractivity contribution is 7.13. The van der Waals surface area contributed by atoms with Gasteiger partial charge in [0.2, 0.25) is 0 Å². The van der Waals surface area contributed by atoms with Crippen LogP contribution in [-0.4, -0.2) is 56.9 Å². The first kappa shape index (κ1) is 38.5. The number of halogens is 2. The summed E-state index contributed by atoms with van der Waals surface area (Å²) in [5.74, 6) is 1.56. The summed E-state index contributed by atoms with van der Waals surface area (Å²) in [6, 6.07) is 25.9. The Balaban J connectivity index is 1.03. The Bertz CT molecular complexity index is 2090. The van der Waals surface area contributed by atoms with E-state index in [2.05, 4.69) is 15.2 Å². The highest BCUT2D eigenvalue weighted by atomic mass is 35.5. The van der Waals surface area contributed by atoms with Crippen LogP contribution in [0.2, 0.25) is 10.0 Å². The van der Waals surface area contributed by atoms with Crippen LogP contribution in [0.3, 0.4) is 0 Å². The van der Waals surface area contributed by atoms with Crippen molar-refractivity contribution >= 4 is 46.6 Å². The first-order chi connectivity index (χ1) is 26.8. The zero-order valence-electron chi connectivity index (χ0n) is 30.5. The Morgan fingerprint density at radius 1 is 0.873 bits per heavy atom. The molecule has 1 unspecified atom stereocenters. The van der Waals surface area contributed by atoms with E-state index in [0.29, 0.717) is 49.2 Å².